The van der Waals surface area contributed by atoms with Crippen molar-refractivity contribution in [2.75, 3.05) is 55.3 Å². The predicted octanol–water partition coefficient (Wildman–Crippen LogP) is 9.26. The lowest BCUT2D eigenvalue weighted by Gasteiger charge is -2.36. The number of carbonyl (C=O) groups is 2. The summed E-state index contributed by atoms with van der Waals surface area (Å²) in [5, 5.41) is 7.00. The number of ether oxygens (including phenoxy) is 1. The van der Waals surface area contributed by atoms with Gasteiger partial charge in [0.25, 0.3) is 21.8 Å². The molecule has 7 rings (SSSR count). The molecule has 5 aromatic carbocycles. The van der Waals surface area contributed by atoms with Crippen molar-refractivity contribution in [3.8, 4) is 22.6 Å². The number of piperazine rings is 1. The van der Waals surface area contributed by atoms with Gasteiger partial charge in [-0.2, -0.15) is 31.4 Å². The number of rotatable bonds is 14. The average molecular weight is 923 g/mol. The highest BCUT2D eigenvalue weighted by Crippen LogP contribution is 2.37. The molecule has 1 aromatic heterocycles. The number of alkyl halides is 6. The lowest BCUT2D eigenvalue weighted by Crippen LogP contribution is -2.48. The van der Waals surface area contributed by atoms with Crippen LogP contribution in [0, 0.1) is 0 Å². The van der Waals surface area contributed by atoms with Crippen LogP contribution >= 0.6 is 11.8 Å². The lowest BCUT2D eigenvalue weighted by molar-refractivity contribution is -0.138. The van der Waals surface area contributed by atoms with Crippen molar-refractivity contribution in [3.63, 3.8) is 0 Å². The first-order valence-corrected chi connectivity index (χ1v) is 22.3. The minimum absolute atomic E-state index is 0.0438. The number of nitrogens with one attached hydrogen (secondary N) is 2. The van der Waals surface area contributed by atoms with Gasteiger partial charge in [-0.15, -0.1) is 11.8 Å². The molecule has 0 bridgehead atoms. The van der Waals surface area contributed by atoms with Crippen LogP contribution in [0.3, 0.4) is 0 Å². The molecule has 11 nitrogen and oxygen atoms in total. The van der Waals surface area contributed by atoms with Crippen molar-refractivity contribution < 1.29 is 49.1 Å². The number of sulfonamides is 1. The second-order valence-corrected chi connectivity index (χ2v) is 17.3. The summed E-state index contributed by atoms with van der Waals surface area (Å²) in [5.74, 6) is -0.611. The number of nitrogens with zero attached hydrogens (tertiary/aromatic N) is 4. The number of amides is 2. The van der Waals surface area contributed by atoms with Crippen LogP contribution in [0.5, 0.6) is 5.75 Å². The molecule has 64 heavy (non-hydrogen) atoms. The number of hydrogen-bond donors (Lipinski definition) is 2. The zero-order chi connectivity index (χ0) is 45.6. The molecule has 1 aliphatic rings. The van der Waals surface area contributed by atoms with Crippen LogP contribution in [-0.2, 0) is 22.4 Å². The maximum atomic E-state index is 14.1. The third-order valence-electron chi connectivity index (χ3n) is 10.1. The van der Waals surface area contributed by atoms with Gasteiger partial charge < -0.3 is 19.9 Å². The van der Waals surface area contributed by atoms with Crippen LogP contribution in [0.2, 0.25) is 0 Å². The van der Waals surface area contributed by atoms with Crippen molar-refractivity contribution in [2.24, 2.45) is 0 Å². The molecule has 0 atom stereocenters. The summed E-state index contributed by atoms with van der Waals surface area (Å²) >= 11 is 1.44. The molecular formula is C45H40F6N6O5S2. The summed E-state index contributed by atoms with van der Waals surface area (Å²) in [4.78, 5) is 30.2. The van der Waals surface area contributed by atoms with Gasteiger partial charge >= 0.3 is 12.4 Å². The fourth-order valence-corrected chi connectivity index (χ4v) is 8.73. The van der Waals surface area contributed by atoms with Crippen LogP contribution in [0.25, 0.3) is 16.8 Å². The Labute approximate surface area is 369 Å². The number of benzene rings is 5. The SMILES string of the molecule is CCOc1cccc(-c2cnn(-c3cc(C(=O)N4CCN(c5ccc(C(=O)NS(=O)(=O)c6ccc(NCCSc7ccccc7)c(C(F)(F)F)c6)cc5)CC4)cc(C(F)(F)F)c3)c2)c1. The van der Waals surface area contributed by atoms with E-state index in [1.165, 1.54) is 45.7 Å². The number of aromatic nitrogens is 2. The van der Waals surface area contributed by atoms with Crippen molar-refractivity contribution in [2.45, 2.75) is 29.1 Å². The van der Waals surface area contributed by atoms with E-state index >= 15 is 0 Å². The van der Waals surface area contributed by atoms with Crippen molar-refractivity contribution >= 4 is 45.0 Å². The average Bonchev–Trinajstić information content (AvgIpc) is 3.78. The van der Waals surface area contributed by atoms with E-state index in [0.717, 1.165) is 34.7 Å². The molecule has 0 saturated carbocycles. The van der Waals surface area contributed by atoms with E-state index in [1.807, 2.05) is 52.9 Å². The molecule has 0 unspecified atom stereocenters. The maximum absolute atomic E-state index is 14.1. The molecular weight excluding hydrogens is 883 g/mol. The summed E-state index contributed by atoms with van der Waals surface area (Å²) in [6.07, 6.45) is -6.57. The highest BCUT2D eigenvalue weighted by molar-refractivity contribution is 7.99. The molecule has 1 aliphatic heterocycles. The van der Waals surface area contributed by atoms with Crippen LogP contribution in [-0.4, -0.2) is 80.0 Å². The van der Waals surface area contributed by atoms with Gasteiger partial charge in [0.2, 0.25) is 0 Å². The Morgan fingerprint density at radius 3 is 2.19 bits per heavy atom. The second-order valence-electron chi connectivity index (χ2n) is 14.5. The normalized spacial score (nSPS) is 13.4. The number of hydrogen-bond acceptors (Lipinski definition) is 9. The van der Waals surface area contributed by atoms with Crippen LogP contribution in [0.1, 0.15) is 38.8 Å². The highest BCUT2D eigenvalue weighted by Gasteiger charge is 2.36. The Morgan fingerprint density at radius 1 is 0.766 bits per heavy atom. The van der Waals surface area contributed by atoms with E-state index in [9.17, 15) is 44.3 Å². The Bertz CT molecular complexity index is 2720. The van der Waals surface area contributed by atoms with Gasteiger partial charge in [0.05, 0.1) is 34.5 Å². The highest BCUT2D eigenvalue weighted by atomic mass is 32.2. The van der Waals surface area contributed by atoms with E-state index < -0.39 is 50.2 Å². The van der Waals surface area contributed by atoms with Crippen molar-refractivity contribution in [1.29, 1.82) is 0 Å². The summed E-state index contributed by atoms with van der Waals surface area (Å²) in [6.45, 7) is 3.32. The number of carbonyl (C=O) groups excluding carboxylic acids is 2. The first-order chi connectivity index (χ1) is 30.5. The topological polar surface area (TPSA) is 126 Å². The van der Waals surface area contributed by atoms with Crippen LogP contribution in [0.15, 0.2) is 137 Å². The summed E-state index contributed by atoms with van der Waals surface area (Å²) in [6, 6.07) is 27.8. The summed E-state index contributed by atoms with van der Waals surface area (Å²) < 4.78 is 119. The number of thioether (sulfide) groups is 1. The van der Waals surface area contributed by atoms with Crippen LogP contribution in [0.4, 0.5) is 37.7 Å². The molecule has 1 saturated heterocycles. The van der Waals surface area contributed by atoms with Gasteiger partial charge in [-0.25, -0.2) is 17.8 Å². The maximum Gasteiger partial charge on any atom is 0.418 e. The molecule has 2 amide bonds. The monoisotopic (exact) mass is 922 g/mol. The standard InChI is InChI=1S/C45H40F6N6O5S2/c1-2-62-37-8-6-7-31(25-37)33-28-53-57(29-33)36-24-32(23-34(26-36)44(46,47)48)43(59)56-20-18-55(19-21-56)35-13-11-30(12-14-35)42(58)54-64(60,61)39-15-16-41(40(27-39)45(49,50)51)52-17-22-63-38-9-4-3-5-10-38/h3-16,23-29,52H,2,17-22H2,1H3,(H,54,58). The lowest BCUT2D eigenvalue weighted by atomic mass is 10.1. The Balaban J connectivity index is 0.973. The zero-order valence-electron chi connectivity index (χ0n) is 34.0. The van der Waals surface area contributed by atoms with Gasteiger partial charge in [-0.3, -0.25) is 9.59 Å². The minimum Gasteiger partial charge on any atom is -0.494 e. The molecule has 19 heteroatoms. The zero-order valence-corrected chi connectivity index (χ0v) is 35.6. The molecule has 2 heterocycles. The minimum atomic E-state index is -4.90. The van der Waals surface area contributed by atoms with E-state index in [2.05, 4.69) is 10.4 Å². The fraction of sp³-hybridized carbons (Fsp3) is 0.222. The third-order valence-corrected chi connectivity index (χ3v) is 12.5. The van der Waals surface area contributed by atoms with E-state index in [0.29, 0.717) is 35.4 Å². The van der Waals surface area contributed by atoms with Gasteiger partial charge in [0.15, 0.2) is 0 Å². The van der Waals surface area contributed by atoms with E-state index in [1.54, 1.807) is 36.5 Å². The molecule has 6 aromatic rings. The third kappa shape index (κ3) is 11.0. The van der Waals surface area contributed by atoms with E-state index in [4.69, 9.17) is 4.74 Å². The number of halogens is 6. The molecule has 1 fully saturated rings. The molecule has 0 spiro atoms. The molecule has 334 valence electrons. The van der Waals surface area contributed by atoms with Crippen LogP contribution < -0.4 is 19.7 Å². The Hall–Kier alpha value is -6.47. The molecule has 0 aliphatic carbocycles. The van der Waals surface area contributed by atoms with Gasteiger partial charge in [0, 0.05) is 77.6 Å². The van der Waals surface area contributed by atoms with Crippen molar-refractivity contribution in [1.82, 2.24) is 19.4 Å². The summed E-state index contributed by atoms with van der Waals surface area (Å²) in [5.41, 5.74) is -0.767. The first kappa shape index (κ1) is 45.6. The molecule has 0 radical (unpaired) electrons. The van der Waals surface area contributed by atoms with Gasteiger partial charge in [-0.1, -0.05) is 30.3 Å². The fourth-order valence-electron chi connectivity index (χ4n) is 6.94. The molecule has 2 N–H and O–H groups in total. The predicted molar refractivity (Wildman–Crippen MR) is 231 cm³/mol. The largest absolute Gasteiger partial charge is 0.494 e. The second kappa shape index (κ2) is 19.1. The summed E-state index contributed by atoms with van der Waals surface area (Å²) in [7, 11) is -4.73. The van der Waals surface area contributed by atoms with Gasteiger partial charge in [-0.05, 0) is 97.4 Å². The van der Waals surface area contributed by atoms with Crippen molar-refractivity contribution in [3.05, 3.63) is 150 Å². The number of anilines is 2. The Morgan fingerprint density at radius 2 is 1.50 bits per heavy atom. The quantitative estimate of drug-likeness (QED) is 0.0625. The first-order valence-electron chi connectivity index (χ1n) is 19.8. The van der Waals surface area contributed by atoms with Gasteiger partial charge in [0.1, 0.15) is 5.75 Å². The van der Waals surface area contributed by atoms with E-state index in [-0.39, 0.29) is 55.2 Å². The smallest absolute Gasteiger partial charge is 0.418 e. The Kier molecular flexibility index (Phi) is 13.6.